The molecule has 0 unspecified atom stereocenters. The lowest BCUT2D eigenvalue weighted by molar-refractivity contribution is -0.140. The first kappa shape index (κ1) is 11.9. The molecule has 1 amide bonds. The van der Waals surface area contributed by atoms with E-state index in [2.05, 4.69) is 6.58 Å². The Bertz CT molecular complexity index is 422. The molecule has 0 radical (unpaired) electrons. The number of rotatable bonds is 4. The number of Topliss-reactive ketones (excluding diaryl/α,β-unsaturated/α-hetero) is 1. The first-order valence-corrected chi connectivity index (χ1v) is 4.42. The molecule has 0 saturated carbocycles. The lowest BCUT2D eigenvalue weighted by atomic mass is 10.0. The van der Waals surface area contributed by atoms with E-state index in [9.17, 15) is 9.59 Å². The summed E-state index contributed by atoms with van der Waals surface area (Å²) in [7, 11) is 1.52. The Kier molecular flexibility index (Phi) is 3.79. The predicted molar refractivity (Wildman–Crippen MR) is 57.0 cm³/mol. The van der Waals surface area contributed by atoms with E-state index in [1.54, 1.807) is 24.3 Å². The van der Waals surface area contributed by atoms with Crippen LogP contribution in [0, 0.1) is 0 Å². The maximum absolute atomic E-state index is 11.3. The molecule has 5 heteroatoms. The highest BCUT2D eigenvalue weighted by Crippen LogP contribution is 2.17. The fraction of sp³-hybridized carbons (Fsp3) is 0.0909. The Morgan fingerprint density at radius 2 is 1.88 bits per heavy atom. The van der Waals surface area contributed by atoms with Gasteiger partial charge in [-0.2, -0.15) is 0 Å². The number of amides is 1. The smallest absolute Gasteiger partial charge is 0.315 e. The van der Waals surface area contributed by atoms with Gasteiger partial charge in [0.2, 0.25) is 0 Å². The second-order valence-corrected chi connectivity index (χ2v) is 2.98. The zero-order chi connectivity index (χ0) is 12.1. The third-order valence-electron chi connectivity index (χ3n) is 2.02. The molecule has 5 nitrogen and oxygen atoms in total. The second kappa shape index (κ2) is 5.09. The van der Waals surface area contributed by atoms with Crippen molar-refractivity contribution in [3.8, 4) is 5.75 Å². The van der Waals surface area contributed by atoms with Crippen LogP contribution in [0.15, 0.2) is 30.8 Å². The van der Waals surface area contributed by atoms with Crippen LogP contribution >= 0.6 is 0 Å². The molecule has 0 spiro atoms. The largest absolute Gasteiger partial charge is 0.497 e. The number of methoxy groups -OCH3 is 1. The Labute approximate surface area is 92.3 Å². The van der Waals surface area contributed by atoms with Gasteiger partial charge in [0.15, 0.2) is 0 Å². The molecule has 2 N–H and O–H groups in total. The third-order valence-corrected chi connectivity index (χ3v) is 2.02. The van der Waals surface area contributed by atoms with Crippen LogP contribution < -0.4 is 10.2 Å². The van der Waals surface area contributed by atoms with Gasteiger partial charge in [0.25, 0.3) is 5.78 Å². The van der Waals surface area contributed by atoms with Gasteiger partial charge in [-0.1, -0.05) is 18.7 Å². The lowest BCUT2D eigenvalue weighted by Crippen LogP contribution is -2.28. The van der Waals surface area contributed by atoms with Crippen molar-refractivity contribution < 1.29 is 19.5 Å². The van der Waals surface area contributed by atoms with Gasteiger partial charge in [-0.05, 0) is 17.7 Å². The SMILES string of the molecule is C=C(C(=O)C(=O)NO)c1ccc(OC)cc1. The van der Waals surface area contributed by atoms with Crippen molar-refractivity contribution in [2.45, 2.75) is 0 Å². The topological polar surface area (TPSA) is 75.6 Å². The van der Waals surface area contributed by atoms with Crippen LogP contribution in [0.3, 0.4) is 0 Å². The molecule has 0 heterocycles. The molecule has 16 heavy (non-hydrogen) atoms. The minimum Gasteiger partial charge on any atom is -0.497 e. The van der Waals surface area contributed by atoms with Crippen LogP contribution in [0.4, 0.5) is 0 Å². The zero-order valence-corrected chi connectivity index (χ0v) is 8.69. The lowest BCUT2D eigenvalue weighted by Gasteiger charge is -2.04. The molecule has 0 saturated heterocycles. The van der Waals surface area contributed by atoms with E-state index in [0.29, 0.717) is 11.3 Å². The van der Waals surface area contributed by atoms with E-state index < -0.39 is 11.7 Å². The van der Waals surface area contributed by atoms with Gasteiger partial charge in [-0.3, -0.25) is 14.8 Å². The first-order valence-electron chi connectivity index (χ1n) is 4.42. The number of carbonyl (C=O) groups is 2. The summed E-state index contributed by atoms with van der Waals surface area (Å²) in [6.07, 6.45) is 0. The standard InChI is InChI=1S/C11H11NO4/c1-7(10(13)11(14)12-15)8-3-5-9(16-2)6-4-8/h3-6,15H,1H2,2H3,(H,12,14). The van der Waals surface area contributed by atoms with Gasteiger partial charge >= 0.3 is 5.91 Å². The van der Waals surface area contributed by atoms with Crippen LogP contribution in [-0.2, 0) is 9.59 Å². The first-order chi connectivity index (χ1) is 7.60. The maximum atomic E-state index is 11.3. The van der Waals surface area contributed by atoms with E-state index in [1.807, 2.05) is 0 Å². The summed E-state index contributed by atoms with van der Waals surface area (Å²) < 4.78 is 4.94. The zero-order valence-electron chi connectivity index (χ0n) is 8.69. The van der Waals surface area contributed by atoms with Crippen molar-refractivity contribution in [1.82, 2.24) is 5.48 Å². The fourth-order valence-corrected chi connectivity index (χ4v) is 1.11. The van der Waals surface area contributed by atoms with Gasteiger partial charge in [-0.15, -0.1) is 0 Å². The molecule has 1 aromatic rings. The molecule has 0 aliphatic carbocycles. The summed E-state index contributed by atoms with van der Waals surface area (Å²) in [5, 5.41) is 8.30. The summed E-state index contributed by atoms with van der Waals surface area (Å²) in [5.41, 5.74) is 1.77. The van der Waals surface area contributed by atoms with E-state index in [4.69, 9.17) is 9.94 Å². The highest BCUT2D eigenvalue weighted by atomic mass is 16.5. The number of hydrogen-bond acceptors (Lipinski definition) is 4. The quantitative estimate of drug-likeness (QED) is 0.341. The van der Waals surface area contributed by atoms with Crippen LogP contribution in [0.2, 0.25) is 0 Å². The number of benzene rings is 1. The molecule has 1 aromatic carbocycles. The average Bonchev–Trinajstić information content (AvgIpc) is 2.36. The van der Waals surface area contributed by atoms with Gasteiger partial charge in [0.1, 0.15) is 5.75 Å². The molecule has 1 rings (SSSR count). The van der Waals surface area contributed by atoms with Crippen molar-refractivity contribution in [2.24, 2.45) is 0 Å². The molecule has 0 atom stereocenters. The maximum Gasteiger partial charge on any atom is 0.315 e. The Morgan fingerprint density at radius 1 is 1.31 bits per heavy atom. The molecule has 84 valence electrons. The summed E-state index contributed by atoms with van der Waals surface area (Å²) in [6, 6.07) is 6.49. The fourth-order valence-electron chi connectivity index (χ4n) is 1.11. The van der Waals surface area contributed by atoms with E-state index in [-0.39, 0.29) is 5.57 Å². The number of hydroxylamine groups is 1. The van der Waals surface area contributed by atoms with Crippen LogP contribution in [0.1, 0.15) is 5.56 Å². The van der Waals surface area contributed by atoms with Gasteiger partial charge in [-0.25, -0.2) is 5.48 Å². The summed E-state index contributed by atoms with van der Waals surface area (Å²) in [6.45, 7) is 3.49. The van der Waals surface area contributed by atoms with Crippen LogP contribution in [-0.4, -0.2) is 24.0 Å². The molecule has 0 bridgehead atoms. The average molecular weight is 221 g/mol. The Hall–Kier alpha value is -2.14. The van der Waals surface area contributed by atoms with Crippen molar-refractivity contribution in [1.29, 1.82) is 0 Å². The van der Waals surface area contributed by atoms with Gasteiger partial charge in [0.05, 0.1) is 7.11 Å². The third kappa shape index (κ3) is 2.46. The molecule has 0 aliphatic rings. The molecular weight excluding hydrogens is 210 g/mol. The van der Waals surface area contributed by atoms with Gasteiger partial charge < -0.3 is 4.74 Å². The van der Waals surface area contributed by atoms with Crippen LogP contribution in [0.5, 0.6) is 5.75 Å². The predicted octanol–water partition coefficient (Wildman–Crippen LogP) is 0.783. The van der Waals surface area contributed by atoms with Crippen LogP contribution in [0.25, 0.3) is 5.57 Å². The van der Waals surface area contributed by atoms with Crippen molar-refractivity contribution in [2.75, 3.05) is 7.11 Å². The summed E-state index contributed by atoms with van der Waals surface area (Å²) in [5.74, 6) is -1.36. The normalized spacial score (nSPS) is 9.38. The monoisotopic (exact) mass is 221 g/mol. The Balaban J connectivity index is 2.88. The number of carbonyl (C=O) groups excluding carboxylic acids is 2. The minimum absolute atomic E-state index is 0.00852. The van der Waals surface area contributed by atoms with Crippen molar-refractivity contribution in [3.05, 3.63) is 36.4 Å². The Morgan fingerprint density at radius 3 is 2.31 bits per heavy atom. The highest BCUT2D eigenvalue weighted by Gasteiger charge is 2.17. The van der Waals surface area contributed by atoms with Gasteiger partial charge in [0, 0.05) is 5.57 Å². The minimum atomic E-state index is -1.11. The number of hydrogen-bond donors (Lipinski definition) is 2. The summed E-state index contributed by atoms with van der Waals surface area (Å²) in [4.78, 5) is 22.2. The molecule has 0 aromatic heterocycles. The number of nitrogens with one attached hydrogen (secondary N) is 1. The molecule has 0 aliphatic heterocycles. The summed E-state index contributed by atoms with van der Waals surface area (Å²) >= 11 is 0. The van der Waals surface area contributed by atoms with E-state index >= 15 is 0 Å². The number of ether oxygens (including phenoxy) is 1. The second-order valence-electron chi connectivity index (χ2n) is 2.98. The number of ketones is 1. The van der Waals surface area contributed by atoms with E-state index in [0.717, 1.165) is 0 Å². The van der Waals surface area contributed by atoms with Crippen molar-refractivity contribution in [3.63, 3.8) is 0 Å². The molecular formula is C11H11NO4. The van der Waals surface area contributed by atoms with Crippen molar-refractivity contribution >= 4 is 17.3 Å². The highest BCUT2D eigenvalue weighted by molar-refractivity contribution is 6.52. The van der Waals surface area contributed by atoms with E-state index in [1.165, 1.54) is 12.6 Å². The molecule has 0 fully saturated rings.